The molecule has 0 aliphatic carbocycles. The van der Waals surface area contributed by atoms with E-state index < -0.39 is 30.0 Å². The first-order chi connectivity index (χ1) is 16.5. The van der Waals surface area contributed by atoms with Gasteiger partial charge in [0.15, 0.2) is 0 Å². The summed E-state index contributed by atoms with van der Waals surface area (Å²) < 4.78 is 78.4. The van der Waals surface area contributed by atoms with Crippen molar-refractivity contribution in [3.8, 4) is 0 Å². The maximum absolute atomic E-state index is 13.1. The van der Waals surface area contributed by atoms with Crippen LogP contribution in [0.4, 0.5) is 26.3 Å². The van der Waals surface area contributed by atoms with Crippen LogP contribution in [0.3, 0.4) is 0 Å². The van der Waals surface area contributed by atoms with Gasteiger partial charge in [-0.05, 0) is 36.6 Å². The van der Waals surface area contributed by atoms with Crippen LogP contribution >= 0.6 is 0 Å². The van der Waals surface area contributed by atoms with Crippen LogP contribution in [-0.2, 0) is 17.6 Å². The van der Waals surface area contributed by atoms with Crippen molar-refractivity contribution in [2.45, 2.75) is 52.1 Å². The van der Waals surface area contributed by atoms with E-state index in [-0.39, 0.29) is 63.6 Å². The van der Waals surface area contributed by atoms with E-state index in [0.29, 0.717) is 11.6 Å². The second-order valence-electron chi connectivity index (χ2n) is 7.38. The van der Waals surface area contributed by atoms with Gasteiger partial charge in [0.2, 0.25) is 0 Å². The molecule has 0 amide bonds. The first-order valence-corrected chi connectivity index (χ1v) is 10.7. The summed E-state index contributed by atoms with van der Waals surface area (Å²) in [5, 5.41) is 14.9. The molecule has 194 valence electrons. The maximum atomic E-state index is 13.1. The number of aliphatic hydroxyl groups is 1. The molecule has 0 radical (unpaired) electrons. The fourth-order valence-electron chi connectivity index (χ4n) is 3.16. The fourth-order valence-corrected chi connectivity index (χ4v) is 3.16. The molecule has 11 heteroatoms. The molecule has 0 spiro atoms. The average Bonchev–Trinajstić information content (AvgIpc) is 2.80. The second kappa shape index (κ2) is 16.5. The standard InChI is InChI=1S/C24H25F6N2O.CH4O.K/c1-4-5-12-21(31-3)19-11-6-8-16(2)20(19)15-33-32-22(14-23(25,26)27)17-9-7-10-18(13-17)24(28,29)30;1-2;/h6-13H,4-5,14-15H2,1-3H3;2H,1H3;/q-1;;+1/b21-12-,32-22+;;. The average molecular weight is 543 g/mol. The Labute approximate surface area is 250 Å². The van der Waals surface area contributed by atoms with Crippen molar-refractivity contribution >= 4 is 11.4 Å². The maximum Gasteiger partial charge on any atom is 1.00 e. The summed E-state index contributed by atoms with van der Waals surface area (Å²) in [6, 6.07) is 9.08. The quantitative estimate of drug-likeness (QED) is 0.217. The van der Waals surface area contributed by atoms with Crippen LogP contribution in [0.25, 0.3) is 11.0 Å². The Morgan fingerprint density at radius 3 is 2.25 bits per heavy atom. The predicted molar refractivity (Wildman–Crippen MR) is 125 cm³/mol. The molecule has 0 aliphatic rings. The normalized spacial score (nSPS) is 12.3. The number of rotatable bonds is 9. The molecule has 1 N–H and O–H groups in total. The number of allylic oxidation sites excluding steroid dienone is 1. The Morgan fingerprint density at radius 1 is 1.06 bits per heavy atom. The van der Waals surface area contributed by atoms with Crippen LogP contribution in [0.1, 0.15) is 54.0 Å². The van der Waals surface area contributed by atoms with E-state index in [1.54, 1.807) is 7.05 Å². The van der Waals surface area contributed by atoms with Gasteiger partial charge in [-0.25, -0.2) is 0 Å². The molecule has 2 aromatic carbocycles. The van der Waals surface area contributed by atoms with Crippen LogP contribution in [-0.4, -0.2) is 31.2 Å². The molecular weight excluding hydrogens is 513 g/mol. The van der Waals surface area contributed by atoms with Gasteiger partial charge >= 0.3 is 63.7 Å². The third kappa shape index (κ3) is 11.3. The zero-order valence-electron chi connectivity index (χ0n) is 21.0. The van der Waals surface area contributed by atoms with E-state index in [4.69, 9.17) is 9.94 Å². The summed E-state index contributed by atoms with van der Waals surface area (Å²) >= 11 is 0. The van der Waals surface area contributed by atoms with Gasteiger partial charge in [-0.2, -0.15) is 26.3 Å². The van der Waals surface area contributed by atoms with Gasteiger partial charge in [0.05, 0.1) is 17.7 Å². The Hall–Kier alpha value is -1.37. The van der Waals surface area contributed by atoms with Crippen molar-refractivity contribution in [3.05, 3.63) is 81.7 Å². The third-order valence-corrected chi connectivity index (χ3v) is 4.83. The number of aliphatic hydroxyl groups excluding tert-OH is 1. The van der Waals surface area contributed by atoms with Crippen molar-refractivity contribution in [2.75, 3.05) is 14.2 Å². The summed E-state index contributed by atoms with van der Waals surface area (Å²) in [4.78, 5) is 5.27. The van der Waals surface area contributed by atoms with Crippen molar-refractivity contribution in [1.29, 1.82) is 0 Å². The van der Waals surface area contributed by atoms with E-state index in [9.17, 15) is 26.3 Å². The number of hydrogen-bond acceptors (Lipinski definition) is 3. The Bertz CT molecular complexity index is 1000. The van der Waals surface area contributed by atoms with Gasteiger partial charge in [-0.1, -0.05) is 54.9 Å². The number of nitrogens with zero attached hydrogens (tertiary/aromatic N) is 2. The number of oxime groups is 1. The van der Waals surface area contributed by atoms with Crippen molar-refractivity contribution in [1.82, 2.24) is 0 Å². The van der Waals surface area contributed by atoms with E-state index in [2.05, 4.69) is 10.5 Å². The smallest absolute Gasteiger partial charge is 0.687 e. The minimum atomic E-state index is -4.69. The van der Waals surface area contributed by atoms with Crippen LogP contribution in [0, 0.1) is 6.92 Å². The third-order valence-electron chi connectivity index (χ3n) is 4.83. The number of halogens is 6. The minimum Gasteiger partial charge on any atom is -0.687 e. The van der Waals surface area contributed by atoms with Gasteiger partial charge in [0, 0.05) is 18.2 Å². The first-order valence-electron chi connectivity index (χ1n) is 10.7. The summed E-state index contributed by atoms with van der Waals surface area (Å²) in [5.41, 5.74) is 0.986. The predicted octanol–water partition coefficient (Wildman–Crippen LogP) is 4.64. The van der Waals surface area contributed by atoms with E-state index in [1.165, 1.54) is 0 Å². The molecule has 0 heterocycles. The molecule has 0 bridgehead atoms. The topological polar surface area (TPSA) is 55.9 Å². The Balaban J connectivity index is 0.00000398. The van der Waals surface area contributed by atoms with Crippen molar-refractivity contribution < 1.29 is 87.7 Å². The molecule has 0 aromatic heterocycles. The molecule has 0 atom stereocenters. The van der Waals surface area contributed by atoms with Gasteiger partial charge in [-0.15, -0.1) is 12.7 Å². The summed E-state index contributed by atoms with van der Waals surface area (Å²) in [7, 11) is 2.64. The van der Waals surface area contributed by atoms with Gasteiger partial charge in [0.25, 0.3) is 0 Å². The molecule has 0 unspecified atom stereocenters. The second-order valence-corrected chi connectivity index (χ2v) is 7.38. The molecule has 2 rings (SSSR count). The van der Waals surface area contributed by atoms with Crippen LogP contribution in [0.2, 0.25) is 0 Å². The zero-order chi connectivity index (χ0) is 26.6. The van der Waals surface area contributed by atoms with Gasteiger partial charge < -0.3 is 15.3 Å². The summed E-state index contributed by atoms with van der Waals surface area (Å²) in [5.74, 6) is 0. The first kappa shape index (κ1) is 34.6. The van der Waals surface area contributed by atoms with E-state index >= 15 is 0 Å². The molecule has 0 saturated carbocycles. The van der Waals surface area contributed by atoms with Crippen LogP contribution < -0.4 is 51.4 Å². The number of alkyl halides is 6. The molecule has 0 saturated heterocycles. The molecule has 0 fully saturated rings. The number of benzene rings is 2. The molecule has 36 heavy (non-hydrogen) atoms. The van der Waals surface area contributed by atoms with Gasteiger partial charge in [0.1, 0.15) is 6.61 Å². The van der Waals surface area contributed by atoms with E-state index in [0.717, 1.165) is 55.0 Å². The minimum absolute atomic E-state index is 0. The number of hydrogen-bond donors (Lipinski definition) is 1. The summed E-state index contributed by atoms with van der Waals surface area (Å²) in [6.07, 6.45) is -7.23. The van der Waals surface area contributed by atoms with E-state index in [1.807, 2.05) is 38.1 Å². The SMILES string of the molecule is CCC/C=C(\[N-]C)c1cccc(C)c1CO/N=C(\CC(F)(F)F)c1cccc(C(F)(F)F)c1.CO.[K+]. The van der Waals surface area contributed by atoms with Crippen molar-refractivity contribution in [2.24, 2.45) is 5.16 Å². The molecule has 2 aromatic rings. The monoisotopic (exact) mass is 542 g/mol. The Morgan fingerprint density at radius 2 is 1.69 bits per heavy atom. The van der Waals surface area contributed by atoms with Crippen molar-refractivity contribution in [3.63, 3.8) is 0 Å². The zero-order valence-corrected chi connectivity index (χ0v) is 24.1. The molecule has 0 aliphatic heterocycles. The number of aryl methyl sites for hydroxylation is 1. The fraction of sp³-hybridized carbons (Fsp3) is 0.400. The number of unbranched alkanes of at least 4 members (excludes halogenated alkanes) is 1. The molecule has 4 nitrogen and oxygen atoms in total. The van der Waals surface area contributed by atoms with Crippen LogP contribution in [0.5, 0.6) is 0 Å². The van der Waals surface area contributed by atoms with Crippen LogP contribution in [0.15, 0.2) is 53.7 Å². The van der Waals surface area contributed by atoms with Gasteiger partial charge in [-0.3, -0.25) is 0 Å². The Kier molecular flexibility index (Phi) is 15.8. The summed E-state index contributed by atoms with van der Waals surface area (Å²) in [6.45, 7) is 3.68. The molecular formula is C25H29F6KN2O2. The largest absolute Gasteiger partial charge is 1.00 e.